The Morgan fingerprint density at radius 3 is 2.65 bits per heavy atom. The molecule has 0 saturated carbocycles. The predicted octanol–water partition coefficient (Wildman–Crippen LogP) is 2.56. The highest BCUT2D eigenvalue weighted by atomic mass is 16.4. The topological polar surface area (TPSA) is 92.4 Å². The number of amides is 1. The molecular formula is C17H20N2O4. The van der Waals surface area contributed by atoms with Crippen molar-refractivity contribution in [3.63, 3.8) is 0 Å². The number of benzene rings is 1. The van der Waals surface area contributed by atoms with E-state index in [9.17, 15) is 9.59 Å². The Hall–Kier alpha value is -2.63. The van der Waals surface area contributed by atoms with Gasteiger partial charge in [0.1, 0.15) is 0 Å². The van der Waals surface area contributed by atoms with Gasteiger partial charge in [-0.25, -0.2) is 4.98 Å². The molecular weight excluding hydrogens is 296 g/mol. The number of aliphatic carboxylic acids is 1. The molecule has 122 valence electrons. The Bertz CT molecular complexity index is 676. The number of hydrogen-bond donors (Lipinski definition) is 2. The number of hydrogen-bond acceptors (Lipinski definition) is 4. The maximum Gasteiger partial charge on any atom is 0.305 e. The number of carboxylic acids is 1. The first-order valence-corrected chi connectivity index (χ1v) is 7.47. The summed E-state index contributed by atoms with van der Waals surface area (Å²) in [7, 11) is 0. The van der Waals surface area contributed by atoms with E-state index in [0.717, 1.165) is 5.56 Å². The van der Waals surface area contributed by atoms with E-state index in [1.54, 1.807) is 13.1 Å². The normalized spacial score (nSPS) is 11.9. The van der Waals surface area contributed by atoms with Crippen LogP contribution in [0.15, 0.2) is 34.9 Å². The van der Waals surface area contributed by atoms with Crippen LogP contribution in [0.5, 0.6) is 0 Å². The van der Waals surface area contributed by atoms with Crippen LogP contribution in [0.3, 0.4) is 0 Å². The summed E-state index contributed by atoms with van der Waals surface area (Å²) < 4.78 is 5.64. The van der Waals surface area contributed by atoms with Gasteiger partial charge < -0.3 is 14.8 Å². The van der Waals surface area contributed by atoms with Gasteiger partial charge in [-0.15, -0.1) is 0 Å². The number of aryl methyl sites for hydroxylation is 2. The maximum atomic E-state index is 11.7. The SMILES string of the molecule is Cc1ccc(-c2cnc(CCC(=O)NC(C)CC(=O)O)o2)cc1. The highest BCUT2D eigenvalue weighted by Crippen LogP contribution is 2.21. The van der Waals surface area contributed by atoms with Gasteiger partial charge in [-0.2, -0.15) is 0 Å². The van der Waals surface area contributed by atoms with Crippen molar-refractivity contribution < 1.29 is 19.1 Å². The molecule has 0 aliphatic rings. The molecule has 0 radical (unpaired) electrons. The van der Waals surface area contributed by atoms with Gasteiger partial charge in [-0.3, -0.25) is 9.59 Å². The van der Waals surface area contributed by atoms with Crippen LogP contribution in [0.25, 0.3) is 11.3 Å². The third kappa shape index (κ3) is 5.25. The fourth-order valence-electron chi connectivity index (χ4n) is 2.16. The highest BCUT2D eigenvalue weighted by molar-refractivity contribution is 5.77. The van der Waals surface area contributed by atoms with Crippen LogP contribution in [-0.2, 0) is 16.0 Å². The number of aromatic nitrogens is 1. The van der Waals surface area contributed by atoms with E-state index in [4.69, 9.17) is 9.52 Å². The summed E-state index contributed by atoms with van der Waals surface area (Å²) in [6.07, 6.45) is 2.13. The molecule has 23 heavy (non-hydrogen) atoms. The fraction of sp³-hybridized carbons (Fsp3) is 0.353. The molecule has 2 aromatic rings. The number of carbonyl (C=O) groups excluding carboxylic acids is 1. The minimum Gasteiger partial charge on any atom is -0.481 e. The van der Waals surface area contributed by atoms with E-state index < -0.39 is 12.0 Å². The van der Waals surface area contributed by atoms with Gasteiger partial charge in [0.25, 0.3) is 0 Å². The highest BCUT2D eigenvalue weighted by Gasteiger charge is 2.12. The zero-order chi connectivity index (χ0) is 16.8. The summed E-state index contributed by atoms with van der Waals surface area (Å²) in [5.41, 5.74) is 2.11. The molecule has 6 nitrogen and oxygen atoms in total. The fourth-order valence-corrected chi connectivity index (χ4v) is 2.16. The van der Waals surface area contributed by atoms with Crippen molar-refractivity contribution in [1.29, 1.82) is 0 Å². The van der Waals surface area contributed by atoms with Crippen molar-refractivity contribution in [1.82, 2.24) is 10.3 Å². The lowest BCUT2D eigenvalue weighted by Crippen LogP contribution is -2.34. The lowest BCUT2D eigenvalue weighted by molar-refractivity contribution is -0.137. The molecule has 0 bridgehead atoms. The van der Waals surface area contributed by atoms with Gasteiger partial charge in [0.05, 0.1) is 12.6 Å². The van der Waals surface area contributed by atoms with E-state index in [-0.39, 0.29) is 18.7 Å². The second-order valence-electron chi connectivity index (χ2n) is 5.55. The monoisotopic (exact) mass is 316 g/mol. The number of nitrogens with one attached hydrogen (secondary N) is 1. The van der Waals surface area contributed by atoms with Gasteiger partial charge in [0.2, 0.25) is 5.91 Å². The molecule has 1 unspecified atom stereocenters. The van der Waals surface area contributed by atoms with Crippen molar-refractivity contribution in [2.45, 2.75) is 39.2 Å². The van der Waals surface area contributed by atoms with Crippen molar-refractivity contribution in [2.24, 2.45) is 0 Å². The zero-order valence-corrected chi connectivity index (χ0v) is 13.2. The summed E-state index contributed by atoms with van der Waals surface area (Å²) in [5.74, 6) is 0.00310. The van der Waals surface area contributed by atoms with Gasteiger partial charge in [-0.05, 0) is 13.8 Å². The van der Waals surface area contributed by atoms with Gasteiger partial charge in [0, 0.05) is 24.4 Å². The minimum atomic E-state index is -0.937. The summed E-state index contributed by atoms with van der Waals surface area (Å²) in [6, 6.07) is 7.51. The third-order valence-electron chi connectivity index (χ3n) is 3.34. The lowest BCUT2D eigenvalue weighted by atomic mass is 10.1. The lowest BCUT2D eigenvalue weighted by Gasteiger charge is -2.10. The molecule has 1 aromatic heterocycles. The van der Waals surface area contributed by atoms with Crippen LogP contribution >= 0.6 is 0 Å². The second-order valence-corrected chi connectivity index (χ2v) is 5.55. The van der Waals surface area contributed by atoms with E-state index in [1.165, 1.54) is 5.56 Å². The molecule has 6 heteroatoms. The Morgan fingerprint density at radius 2 is 2.00 bits per heavy atom. The Balaban J connectivity index is 1.86. The predicted molar refractivity (Wildman–Crippen MR) is 84.9 cm³/mol. The van der Waals surface area contributed by atoms with Crippen LogP contribution in [0.1, 0.15) is 31.2 Å². The molecule has 2 rings (SSSR count). The Labute approximate surface area is 134 Å². The van der Waals surface area contributed by atoms with E-state index in [1.807, 2.05) is 31.2 Å². The van der Waals surface area contributed by atoms with Crippen molar-refractivity contribution in [3.05, 3.63) is 41.9 Å². The zero-order valence-electron chi connectivity index (χ0n) is 13.2. The maximum absolute atomic E-state index is 11.7. The van der Waals surface area contributed by atoms with Gasteiger partial charge in [-0.1, -0.05) is 29.8 Å². The molecule has 1 aromatic carbocycles. The molecule has 0 aliphatic heterocycles. The molecule has 0 saturated heterocycles. The van der Waals surface area contributed by atoms with Crippen LogP contribution in [-0.4, -0.2) is 28.0 Å². The molecule has 0 fully saturated rings. The quantitative estimate of drug-likeness (QED) is 0.819. The average molecular weight is 316 g/mol. The number of oxazole rings is 1. The van der Waals surface area contributed by atoms with Gasteiger partial charge >= 0.3 is 5.97 Å². The largest absolute Gasteiger partial charge is 0.481 e. The van der Waals surface area contributed by atoms with Crippen molar-refractivity contribution >= 4 is 11.9 Å². The number of carbonyl (C=O) groups is 2. The van der Waals surface area contributed by atoms with E-state index in [2.05, 4.69) is 10.3 Å². The molecule has 0 aliphatic carbocycles. The first-order chi connectivity index (χ1) is 10.9. The van der Waals surface area contributed by atoms with Crippen molar-refractivity contribution in [2.75, 3.05) is 0 Å². The van der Waals surface area contributed by atoms with Crippen LogP contribution in [0.4, 0.5) is 0 Å². The van der Waals surface area contributed by atoms with Crippen LogP contribution < -0.4 is 5.32 Å². The first-order valence-electron chi connectivity index (χ1n) is 7.47. The number of nitrogens with zero attached hydrogens (tertiary/aromatic N) is 1. The Morgan fingerprint density at radius 1 is 1.30 bits per heavy atom. The molecule has 1 atom stereocenters. The smallest absolute Gasteiger partial charge is 0.305 e. The van der Waals surface area contributed by atoms with Crippen molar-refractivity contribution in [3.8, 4) is 11.3 Å². The van der Waals surface area contributed by atoms with E-state index in [0.29, 0.717) is 18.1 Å². The molecule has 1 amide bonds. The Kier molecular flexibility index (Phi) is 5.51. The summed E-state index contributed by atoms with van der Waals surface area (Å²) in [6.45, 7) is 3.67. The summed E-state index contributed by atoms with van der Waals surface area (Å²) >= 11 is 0. The van der Waals surface area contributed by atoms with E-state index >= 15 is 0 Å². The summed E-state index contributed by atoms with van der Waals surface area (Å²) in [4.78, 5) is 26.5. The third-order valence-corrected chi connectivity index (χ3v) is 3.34. The minimum absolute atomic E-state index is 0.0949. The van der Waals surface area contributed by atoms with Crippen LogP contribution in [0, 0.1) is 6.92 Å². The first kappa shape index (κ1) is 16.7. The second kappa shape index (κ2) is 7.58. The van der Waals surface area contributed by atoms with Crippen LogP contribution in [0.2, 0.25) is 0 Å². The number of rotatable bonds is 7. The summed E-state index contributed by atoms with van der Waals surface area (Å²) in [5, 5.41) is 11.3. The average Bonchev–Trinajstić information content (AvgIpc) is 2.94. The standard InChI is InChI=1S/C17H20N2O4/c1-11-3-5-13(6-4-11)14-10-18-16(23-14)8-7-15(20)19-12(2)9-17(21)22/h3-6,10,12H,7-9H2,1-2H3,(H,19,20)(H,21,22). The van der Waals surface area contributed by atoms with Gasteiger partial charge in [0.15, 0.2) is 11.7 Å². The molecule has 2 N–H and O–H groups in total. The molecule has 0 spiro atoms. The molecule has 1 heterocycles. The number of carboxylic acid groups (broad SMARTS) is 1.